The Morgan fingerprint density at radius 1 is 1.25 bits per heavy atom. The van der Waals surface area contributed by atoms with Crippen LogP contribution in [0.25, 0.3) is 22.6 Å². The molecule has 3 rings (SSSR count). The summed E-state index contributed by atoms with van der Waals surface area (Å²) < 4.78 is 3.10. The SMILES string of the molecule is CC(C)n1c(-c2cc(Br)ccc2N)nc2cccnc21. The van der Waals surface area contributed by atoms with Crippen LogP contribution in [-0.4, -0.2) is 14.5 Å². The Bertz CT molecular complexity index is 777. The molecule has 102 valence electrons. The Morgan fingerprint density at radius 3 is 2.80 bits per heavy atom. The molecule has 0 bridgehead atoms. The Labute approximate surface area is 125 Å². The van der Waals surface area contributed by atoms with Gasteiger partial charge in [0.15, 0.2) is 5.65 Å². The number of imidazole rings is 1. The van der Waals surface area contributed by atoms with Gasteiger partial charge >= 0.3 is 0 Å². The highest BCUT2D eigenvalue weighted by Crippen LogP contribution is 2.32. The number of anilines is 1. The Balaban J connectivity index is 2.35. The van der Waals surface area contributed by atoms with Crippen molar-refractivity contribution in [2.24, 2.45) is 0 Å². The molecule has 2 N–H and O–H groups in total. The highest BCUT2D eigenvalue weighted by molar-refractivity contribution is 9.10. The third kappa shape index (κ3) is 2.08. The van der Waals surface area contributed by atoms with E-state index in [1.807, 2.05) is 30.3 Å². The zero-order valence-corrected chi connectivity index (χ0v) is 12.9. The first-order valence-electron chi connectivity index (χ1n) is 6.46. The van der Waals surface area contributed by atoms with Gasteiger partial charge in [-0.1, -0.05) is 15.9 Å². The second-order valence-electron chi connectivity index (χ2n) is 4.98. The van der Waals surface area contributed by atoms with Crippen molar-refractivity contribution < 1.29 is 0 Å². The quantitative estimate of drug-likeness (QED) is 0.722. The molecular formula is C15H15BrN4. The number of nitrogens with two attached hydrogens (primary N) is 1. The van der Waals surface area contributed by atoms with Crippen LogP contribution in [0.5, 0.6) is 0 Å². The van der Waals surface area contributed by atoms with E-state index in [4.69, 9.17) is 10.7 Å². The van der Waals surface area contributed by atoms with Crippen molar-refractivity contribution in [2.75, 3.05) is 5.73 Å². The average molecular weight is 331 g/mol. The Morgan fingerprint density at radius 2 is 2.05 bits per heavy atom. The fourth-order valence-electron chi connectivity index (χ4n) is 2.33. The van der Waals surface area contributed by atoms with Crippen LogP contribution in [-0.2, 0) is 0 Å². The summed E-state index contributed by atoms with van der Waals surface area (Å²) in [5, 5.41) is 0. The van der Waals surface area contributed by atoms with Crippen molar-refractivity contribution in [1.82, 2.24) is 14.5 Å². The normalized spacial score (nSPS) is 11.4. The average Bonchev–Trinajstić information content (AvgIpc) is 2.80. The van der Waals surface area contributed by atoms with Gasteiger partial charge in [-0.3, -0.25) is 0 Å². The molecule has 0 aliphatic heterocycles. The number of pyridine rings is 1. The molecule has 0 saturated carbocycles. The summed E-state index contributed by atoms with van der Waals surface area (Å²) in [6.45, 7) is 4.24. The molecule has 5 heteroatoms. The predicted octanol–water partition coefficient (Wildman–Crippen LogP) is 4.02. The molecule has 0 atom stereocenters. The van der Waals surface area contributed by atoms with Crippen LogP contribution in [0, 0.1) is 0 Å². The molecule has 2 heterocycles. The molecule has 1 aromatic carbocycles. The maximum absolute atomic E-state index is 6.12. The van der Waals surface area contributed by atoms with Crippen LogP contribution in [0.15, 0.2) is 41.0 Å². The monoisotopic (exact) mass is 330 g/mol. The zero-order valence-electron chi connectivity index (χ0n) is 11.3. The van der Waals surface area contributed by atoms with Crippen LogP contribution in [0.4, 0.5) is 5.69 Å². The molecule has 0 radical (unpaired) electrons. The van der Waals surface area contributed by atoms with Gasteiger partial charge in [-0.15, -0.1) is 0 Å². The van der Waals surface area contributed by atoms with Crippen LogP contribution >= 0.6 is 15.9 Å². The number of fused-ring (bicyclic) bond motifs is 1. The number of hydrogen-bond acceptors (Lipinski definition) is 3. The number of rotatable bonds is 2. The van der Waals surface area contributed by atoms with E-state index >= 15 is 0 Å². The summed E-state index contributed by atoms with van der Waals surface area (Å²) in [6.07, 6.45) is 1.79. The van der Waals surface area contributed by atoms with Crippen molar-refractivity contribution in [3.63, 3.8) is 0 Å². The van der Waals surface area contributed by atoms with Gasteiger partial charge in [-0.05, 0) is 44.2 Å². The Hall–Kier alpha value is -1.88. The van der Waals surface area contributed by atoms with Crippen molar-refractivity contribution in [3.05, 3.63) is 41.0 Å². The smallest absolute Gasteiger partial charge is 0.160 e. The van der Waals surface area contributed by atoms with Crippen molar-refractivity contribution in [2.45, 2.75) is 19.9 Å². The molecule has 2 aromatic heterocycles. The first kappa shape index (κ1) is 13.1. The summed E-state index contributed by atoms with van der Waals surface area (Å²) in [4.78, 5) is 9.15. The first-order valence-corrected chi connectivity index (χ1v) is 7.25. The molecule has 3 aromatic rings. The van der Waals surface area contributed by atoms with Gasteiger partial charge < -0.3 is 10.3 Å². The lowest BCUT2D eigenvalue weighted by atomic mass is 10.1. The second-order valence-corrected chi connectivity index (χ2v) is 5.89. The number of nitrogens with zero attached hydrogens (tertiary/aromatic N) is 3. The summed E-state index contributed by atoms with van der Waals surface area (Å²) in [7, 11) is 0. The van der Waals surface area contributed by atoms with E-state index < -0.39 is 0 Å². The highest BCUT2D eigenvalue weighted by Gasteiger charge is 2.17. The van der Waals surface area contributed by atoms with Crippen LogP contribution in [0.1, 0.15) is 19.9 Å². The van der Waals surface area contributed by atoms with Gasteiger partial charge in [0, 0.05) is 28.0 Å². The fourth-order valence-corrected chi connectivity index (χ4v) is 2.69. The molecule has 4 nitrogen and oxygen atoms in total. The summed E-state index contributed by atoms with van der Waals surface area (Å²) in [6, 6.07) is 9.93. The van der Waals surface area contributed by atoms with Crippen molar-refractivity contribution in [3.8, 4) is 11.4 Å². The predicted molar refractivity (Wildman–Crippen MR) is 85.5 cm³/mol. The van der Waals surface area contributed by atoms with E-state index in [2.05, 4.69) is 39.3 Å². The van der Waals surface area contributed by atoms with Gasteiger partial charge in [0.25, 0.3) is 0 Å². The fraction of sp³-hybridized carbons (Fsp3) is 0.200. The van der Waals surface area contributed by atoms with E-state index in [0.717, 1.165) is 27.0 Å². The van der Waals surface area contributed by atoms with Gasteiger partial charge in [0.05, 0.1) is 0 Å². The number of nitrogen functional groups attached to an aromatic ring is 1. The van der Waals surface area contributed by atoms with Crippen molar-refractivity contribution in [1.29, 1.82) is 0 Å². The molecule has 0 unspecified atom stereocenters. The number of halogens is 1. The molecule has 0 aliphatic carbocycles. The Kier molecular flexibility index (Phi) is 3.22. The maximum atomic E-state index is 6.12. The van der Waals surface area contributed by atoms with Crippen molar-refractivity contribution >= 4 is 32.8 Å². The van der Waals surface area contributed by atoms with Gasteiger partial charge in [-0.2, -0.15) is 0 Å². The van der Waals surface area contributed by atoms with Crippen LogP contribution in [0.2, 0.25) is 0 Å². The van der Waals surface area contributed by atoms with E-state index in [9.17, 15) is 0 Å². The first-order chi connectivity index (χ1) is 9.58. The lowest BCUT2D eigenvalue weighted by Crippen LogP contribution is -2.05. The van der Waals surface area contributed by atoms with E-state index in [1.54, 1.807) is 6.20 Å². The van der Waals surface area contributed by atoms with E-state index in [-0.39, 0.29) is 6.04 Å². The molecule has 0 saturated heterocycles. The standard InChI is InChI=1S/C15H15BrN4/c1-9(2)20-14(11-8-10(16)5-6-12(11)17)19-13-4-3-7-18-15(13)20/h3-9H,17H2,1-2H3. The summed E-state index contributed by atoms with van der Waals surface area (Å²) >= 11 is 3.49. The molecular weight excluding hydrogens is 316 g/mol. The molecule has 0 aliphatic rings. The third-order valence-corrected chi connectivity index (χ3v) is 3.71. The summed E-state index contributed by atoms with van der Waals surface area (Å²) in [5.74, 6) is 0.854. The number of benzene rings is 1. The van der Waals surface area contributed by atoms with Gasteiger partial charge in [0.2, 0.25) is 0 Å². The molecule has 0 spiro atoms. The van der Waals surface area contributed by atoms with Crippen LogP contribution in [0.3, 0.4) is 0 Å². The minimum Gasteiger partial charge on any atom is -0.398 e. The van der Waals surface area contributed by atoms with Gasteiger partial charge in [-0.25, -0.2) is 9.97 Å². The number of hydrogen-bond donors (Lipinski definition) is 1. The maximum Gasteiger partial charge on any atom is 0.160 e. The summed E-state index contributed by atoms with van der Waals surface area (Å²) in [5.41, 5.74) is 9.52. The zero-order chi connectivity index (χ0) is 14.3. The lowest BCUT2D eigenvalue weighted by molar-refractivity contribution is 0.620. The largest absolute Gasteiger partial charge is 0.398 e. The topological polar surface area (TPSA) is 56.7 Å². The molecule has 0 amide bonds. The second kappa shape index (κ2) is 4.90. The van der Waals surface area contributed by atoms with Gasteiger partial charge in [0.1, 0.15) is 11.3 Å². The highest BCUT2D eigenvalue weighted by atomic mass is 79.9. The molecule has 20 heavy (non-hydrogen) atoms. The van der Waals surface area contributed by atoms with Crippen LogP contribution < -0.4 is 5.73 Å². The lowest BCUT2D eigenvalue weighted by Gasteiger charge is -2.13. The third-order valence-electron chi connectivity index (χ3n) is 3.22. The van der Waals surface area contributed by atoms with E-state index in [1.165, 1.54) is 0 Å². The minimum absolute atomic E-state index is 0.253. The van der Waals surface area contributed by atoms with E-state index in [0.29, 0.717) is 5.69 Å². The minimum atomic E-state index is 0.253. The number of aromatic nitrogens is 3. The molecule has 0 fully saturated rings.